The fraction of sp³-hybridized carbons (Fsp3) is 0.462. The van der Waals surface area contributed by atoms with E-state index in [1.165, 1.54) is 16.5 Å². The lowest BCUT2D eigenvalue weighted by molar-refractivity contribution is -0.140. The van der Waals surface area contributed by atoms with Gasteiger partial charge in [0.05, 0.1) is 0 Å². The van der Waals surface area contributed by atoms with Crippen LogP contribution in [0.2, 0.25) is 0 Å². The number of nitrogens with one attached hydrogen (secondary N) is 1. The maximum atomic E-state index is 14.3. The Balaban J connectivity index is 1.70. The third-order valence-electron chi connectivity index (χ3n) is 6.23. The molecule has 5 heteroatoms. The monoisotopic (exact) mass is 424 g/mol. The topological polar surface area (TPSA) is 49.4 Å². The SMILES string of the molecule is CCc1ccc(CCC(=O)N(Cc2ccccc2F)C(C)C(=O)NC2CCCC2)cc1. The second kappa shape index (κ2) is 11.1. The molecule has 2 aromatic rings. The van der Waals surface area contributed by atoms with Gasteiger partial charge in [-0.15, -0.1) is 0 Å². The highest BCUT2D eigenvalue weighted by Gasteiger charge is 2.28. The van der Waals surface area contributed by atoms with Crippen LogP contribution in [0.3, 0.4) is 0 Å². The zero-order chi connectivity index (χ0) is 22.2. The van der Waals surface area contributed by atoms with Gasteiger partial charge in [0.15, 0.2) is 0 Å². The fourth-order valence-corrected chi connectivity index (χ4v) is 4.12. The van der Waals surface area contributed by atoms with E-state index in [2.05, 4.69) is 24.4 Å². The molecule has 0 spiro atoms. The summed E-state index contributed by atoms with van der Waals surface area (Å²) >= 11 is 0. The number of halogens is 1. The van der Waals surface area contributed by atoms with E-state index in [1.54, 1.807) is 25.1 Å². The van der Waals surface area contributed by atoms with Gasteiger partial charge in [0.1, 0.15) is 11.9 Å². The van der Waals surface area contributed by atoms with E-state index in [0.717, 1.165) is 37.7 Å². The summed E-state index contributed by atoms with van der Waals surface area (Å²) in [4.78, 5) is 27.5. The standard InChI is InChI=1S/C26H33FN2O2/c1-3-20-12-14-21(15-13-20)16-17-25(30)29(18-22-8-4-7-11-24(22)27)19(2)26(31)28-23-9-5-6-10-23/h4,7-8,11-15,19,23H,3,5-6,9-10,16-18H2,1-2H3,(H,28,31). The molecule has 0 heterocycles. The number of hydrogen-bond donors (Lipinski definition) is 1. The van der Waals surface area contributed by atoms with Gasteiger partial charge in [0, 0.05) is 24.6 Å². The molecule has 1 aliphatic rings. The molecule has 1 atom stereocenters. The fourth-order valence-electron chi connectivity index (χ4n) is 4.12. The van der Waals surface area contributed by atoms with Crippen molar-refractivity contribution < 1.29 is 14.0 Å². The summed E-state index contributed by atoms with van der Waals surface area (Å²) in [6, 6.07) is 14.2. The highest BCUT2D eigenvalue weighted by Crippen LogP contribution is 2.19. The van der Waals surface area contributed by atoms with Crippen molar-refractivity contribution in [3.63, 3.8) is 0 Å². The highest BCUT2D eigenvalue weighted by atomic mass is 19.1. The minimum atomic E-state index is -0.657. The molecule has 0 aliphatic heterocycles. The van der Waals surface area contributed by atoms with E-state index < -0.39 is 6.04 Å². The first-order valence-corrected chi connectivity index (χ1v) is 11.4. The van der Waals surface area contributed by atoms with Crippen molar-refractivity contribution in [2.75, 3.05) is 0 Å². The first-order chi connectivity index (χ1) is 15.0. The summed E-state index contributed by atoms with van der Waals surface area (Å²) in [5, 5.41) is 3.07. The van der Waals surface area contributed by atoms with Gasteiger partial charge >= 0.3 is 0 Å². The van der Waals surface area contributed by atoms with Crippen LogP contribution in [0.15, 0.2) is 48.5 Å². The Kier molecular flexibility index (Phi) is 8.21. The predicted molar refractivity (Wildman–Crippen MR) is 121 cm³/mol. The molecule has 166 valence electrons. The lowest BCUT2D eigenvalue weighted by atomic mass is 10.0. The van der Waals surface area contributed by atoms with E-state index >= 15 is 0 Å². The molecule has 0 saturated heterocycles. The van der Waals surface area contributed by atoms with Gasteiger partial charge in [0.25, 0.3) is 0 Å². The number of rotatable bonds is 9. The van der Waals surface area contributed by atoms with Crippen LogP contribution < -0.4 is 5.32 Å². The molecule has 2 amide bonds. The van der Waals surface area contributed by atoms with Crippen molar-refractivity contribution in [2.24, 2.45) is 0 Å². The number of benzene rings is 2. The van der Waals surface area contributed by atoms with Crippen molar-refractivity contribution in [2.45, 2.75) is 77.4 Å². The van der Waals surface area contributed by atoms with Crippen LogP contribution in [0.4, 0.5) is 4.39 Å². The number of nitrogens with zero attached hydrogens (tertiary/aromatic N) is 1. The zero-order valence-corrected chi connectivity index (χ0v) is 18.6. The Hall–Kier alpha value is -2.69. The van der Waals surface area contributed by atoms with E-state index in [-0.39, 0.29) is 36.6 Å². The predicted octanol–water partition coefficient (Wildman–Crippen LogP) is 4.80. The average Bonchev–Trinajstić information content (AvgIpc) is 3.30. The number of hydrogen-bond acceptors (Lipinski definition) is 2. The van der Waals surface area contributed by atoms with Crippen LogP contribution >= 0.6 is 0 Å². The van der Waals surface area contributed by atoms with E-state index in [9.17, 15) is 14.0 Å². The number of carbonyl (C=O) groups excluding carboxylic acids is 2. The smallest absolute Gasteiger partial charge is 0.242 e. The Labute approximate surface area is 184 Å². The van der Waals surface area contributed by atoms with E-state index in [0.29, 0.717) is 12.0 Å². The molecule has 4 nitrogen and oxygen atoms in total. The van der Waals surface area contributed by atoms with Crippen LogP contribution in [-0.4, -0.2) is 28.8 Å². The first kappa shape index (κ1) is 23.0. The third-order valence-corrected chi connectivity index (χ3v) is 6.23. The molecule has 1 N–H and O–H groups in total. The molecule has 1 fully saturated rings. The lowest BCUT2D eigenvalue weighted by Gasteiger charge is -2.30. The molecule has 2 aromatic carbocycles. The first-order valence-electron chi connectivity index (χ1n) is 11.4. The average molecular weight is 425 g/mol. The van der Waals surface area contributed by atoms with Crippen LogP contribution in [0.25, 0.3) is 0 Å². The second-order valence-corrected chi connectivity index (χ2v) is 8.45. The van der Waals surface area contributed by atoms with Crippen molar-refractivity contribution in [1.29, 1.82) is 0 Å². The molecular weight excluding hydrogens is 391 g/mol. The maximum absolute atomic E-state index is 14.3. The lowest BCUT2D eigenvalue weighted by Crippen LogP contribution is -2.49. The summed E-state index contributed by atoms with van der Waals surface area (Å²) in [5.74, 6) is -0.667. The Morgan fingerprint density at radius 3 is 2.35 bits per heavy atom. The molecule has 31 heavy (non-hydrogen) atoms. The Morgan fingerprint density at radius 1 is 1.06 bits per heavy atom. The molecule has 1 saturated carbocycles. The van der Waals surface area contributed by atoms with Gasteiger partial charge in [-0.25, -0.2) is 4.39 Å². The summed E-state index contributed by atoms with van der Waals surface area (Å²) in [6.45, 7) is 3.93. The molecule has 0 bridgehead atoms. The number of aryl methyl sites for hydroxylation is 2. The Morgan fingerprint density at radius 2 is 1.71 bits per heavy atom. The summed E-state index contributed by atoms with van der Waals surface area (Å²) in [6.07, 6.45) is 6.04. The van der Waals surface area contributed by atoms with Gasteiger partial charge in [0.2, 0.25) is 11.8 Å². The molecule has 0 radical (unpaired) electrons. The van der Waals surface area contributed by atoms with E-state index in [4.69, 9.17) is 0 Å². The summed E-state index contributed by atoms with van der Waals surface area (Å²) in [5.41, 5.74) is 2.76. The second-order valence-electron chi connectivity index (χ2n) is 8.45. The van der Waals surface area contributed by atoms with Crippen LogP contribution in [0.5, 0.6) is 0 Å². The summed E-state index contributed by atoms with van der Waals surface area (Å²) in [7, 11) is 0. The normalized spacial score (nSPS) is 14.9. The van der Waals surface area contributed by atoms with Gasteiger partial charge in [-0.05, 0) is 49.8 Å². The van der Waals surface area contributed by atoms with Crippen LogP contribution in [0.1, 0.15) is 62.6 Å². The number of amides is 2. The summed E-state index contributed by atoms with van der Waals surface area (Å²) < 4.78 is 14.3. The van der Waals surface area contributed by atoms with Crippen molar-refractivity contribution >= 4 is 11.8 Å². The third kappa shape index (κ3) is 6.39. The van der Waals surface area contributed by atoms with Gasteiger partial charge < -0.3 is 10.2 Å². The highest BCUT2D eigenvalue weighted by molar-refractivity contribution is 5.87. The molecule has 1 aliphatic carbocycles. The molecular formula is C26H33FN2O2. The number of carbonyl (C=O) groups is 2. The largest absolute Gasteiger partial charge is 0.352 e. The minimum absolute atomic E-state index is 0.0829. The zero-order valence-electron chi connectivity index (χ0n) is 18.6. The Bertz CT molecular complexity index is 875. The van der Waals surface area contributed by atoms with Crippen molar-refractivity contribution in [1.82, 2.24) is 10.2 Å². The van der Waals surface area contributed by atoms with Crippen LogP contribution in [0, 0.1) is 5.82 Å². The molecule has 1 unspecified atom stereocenters. The van der Waals surface area contributed by atoms with Crippen molar-refractivity contribution in [3.8, 4) is 0 Å². The minimum Gasteiger partial charge on any atom is -0.352 e. The van der Waals surface area contributed by atoms with Crippen LogP contribution in [-0.2, 0) is 29.0 Å². The van der Waals surface area contributed by atoms with Gasteiger partial charge in [-0.2, -0.15) is 0 Å². The van der Waals surface area contributed by atoms with Crippen molar-refractivity contribution in [3.05, 3.63) is 71.0 Å². The van der Waals surface area contributed by atoms with Gasteiger partial charge in [-0.3, -0.25) is 9.59 Å². The maximum Gasteiger partial charge on any atom is 0.242 e. The quantitative estimate of drug-likeness (QED) is 0.629. The van der Waals surface area contributed by atoms with Gasteiger partial charge in [-0.1, -0.05) is 62.2 Å². The molecule has 3 rings (SSSR count). The molecule has 0 aromatic heterocycles. The van der Waals surface area contributed by atoms with E-state index in [1.807, 2.05) is 12.1 Å².